The number of allylic oxidation sites excluding steroid dienone is 1. The number of ketones is 1. The lowest BCUT2D eigenvalue weighted by atomic mass is 9.94. The maximum absolute atomic E-state index is 12.5. The van der Waals surface area contributed by atoms with Crippen molar-refractivity contribution in [1.82, 2.24) is 0 Å². The van der Waals surface area contributed by atoms with E-state index in [1.165, 1.54) is 0 Å². The number of nitrogens with two attached hydrogens (primary N) is 2. The summed E-state index contributed by atoms with van der Waals surface area (Å²) in [6.07, 6.45) is 2.23. The van der Waals surface area contributed by atoms with E-state index in [4.69, 9.17) is 11.5 Å². The van der Waals surface area contributed by atoms with Crippen molar-refractivity contribution >= 4 is 17.2 Å². The van der Waals surface area contributed by atoms with Gasteiger partial charge in [0.2, 0.25) is 0 Å². The van der Waals surface area contributed by atoms with E-state index in [1.54, 1.807) is 30.3 Å². The van der Waals surface area contributed by atoms with E-state index in [0.717, 1.165) is 5.56 Å². The number of hydrogen-bond donors (Lipinski definition) is 2. The number of hydrogen-bond acceptors (Lipinski definition) is 3. The fourth-order valence-corrected chi connectivity index (χ4v) is 2.00. The molecule has 96 valence electrons. The number of benzene rings is 2. The lowest BCUT2D eigenvalue weighted by Crippen LogP contribution is -2.09. The molecule has 19 heavy (non-hydrogen) atoms. The molecule has 0 atom stereocenters. The maximum Gasteiger partial charge on any atom is 0.193 e. The second-order valence-corrected chi connectivity index (χ2v) is 4.28. The van der Waals surface area contributed by atoms with Crippen LogP contribution in [0.5, 0.6) is 0 Å². The molecule has 0 fully saturated rings. The Hall–Kier alpha value is -2.55. The van der Waals surface area contributed by atoms with Crippen LogP contribution in [0.15, 0.2) is 55.1 Å². The maximum atomic E-state index is 12.5. The van der Waals surface area contributed by atoms with Crippen molar-refractivity contribution in [1.29, 1.82) is 0 Å². The third-order valence-electron chi connectivity index (χ3n) is 3.02. The Morgan fingerprint density at radius 1 is 1.11 bits per heavy atom. The SMILES string of the molecule is C=CCc1c(C(=O)c2ccccc2)ccc(N)c1N. The molecule has 0 radical (unpaired) electrons. The summed E-state index contributed by atoms with van der Waals surface area (Å²) in [5.74, 6) is -0.0517. The van der Waals surface area contributed by atoms with Gasteiger partial charge in [-0.1, -0.05) is 36.4 Å². The summed E-state index contributed by atoms with van der Waals surface area (Å²) in [6, 6.07) is 12.5. The molecule has 3 heteroatoms. The molecule has 2 aromatic rings. The van der Waals surface area contributed by atoms with Crippen LogP contribution in [-0.4, -0.2) is 5.78 Å². The van der Waals surface area contributed by atoms with Crippen molar-refractivity contribution in [2.45, 2.75) is 6.42 Å². The zero-order valence-corrected chi connectivity index (χ0v) is 10.6. The number of nitrogen functional groups attached to an aromatic ring is 2. The molecule has 2 rings (SSSR count). The molecular weight excluding hydrogens is 236 g/mol. The highest BCUT2D eigenvalue weighted by Gasteiger charge is 2.16. The van der Waals surface area contributed by atoms with Gasteiger partial charge in [-0.25, -0.2) is 0 Å². The Morgan fingerprint density at radius 3 is 2.42 bits per heavy atom. The van der Waals surface area contributed by atoms with E-state index < -0.39 is 0 Å². The van der Waals surface area contributed by atoms with E-state index >= 15 is 0 Å². The van der Waals surface area contributed by atoms with Crippen LogP contribution in [-0.2, 0) is 6.42 Å². The highest BCUT2D eigenvalue weighted by atomic mass is 16.1. The number of carbonyl (C=O) groups is 1. The van der Waals surface area contributed by atoms with Crippen LogP contribution < -0.4 is 11.5 Å². The van der Waals surface area contributed by atoms with Gasteiger partial charge in [-0.15, -0.1) is 6.58 Å². The van der Waals surface area contributed by atoms with Crippen molar-refractivity contribution in [2.75, 3.05) is 11.5 Å². The lowest BCUT2D eigenvalue weighted by Gasteiger charge is -2.12. The minimum Gasteiger partial charge on any atom is -0.397 e. The first kappa shape index (κ1) is 12.9. The summed E-state index contributed by atoms with van der Waals surface area (Å²) in [5, 5.41) is 0. The van der Waals surface area contributed by atoms with Gasteiger partial charge < -0.3 is 11.5 Å². The monoisotopic (exact) mass is 252 g/mol. The van der Waals surface area contributed by atoms with Crippen LogP contribution >= 0.6 is 0 Å². The van der Waals surface area contributed by atoms with Crippen molar-refractivity contribution in [3.05, 3.63) is 71.8 Å². The Morgan fingerprint density at radius 2 is 1.79 bits per heavy atom. The summed E-state index contributed by atoms with van der Waals surface area (Å²) in [5.41, 5.74) is 14.7. The smallest absolute Gasteiger partial charge is 0.193 e. The van der Waals surface area contributed by atoms with Gasteiger partial charge in [0.05, 0.1) is 11.4 Å². The van der Waals surface area contributed by atoms with Gasteiger partial charge >= 0.3 is 0 Å². The topological polar surface area (TPSA) is 69.1 Å². The van der Waals surface area contributed by atoms with Gasteiger partial charge in [0.25, 0.3) is 0 Å². The van der Waals surface area contributed by atoms with Crippen LogP contribution in [0.25, 0.3) is 0 Å². The molecule has 0 aliphatic heterocycles. The third-order valence-corrected chi connectivity index (χ3v) is 3.02. The number of anilines is 2. The average Bonchev–Trinajstić information content (AvgIpc) is 2.44. The second kappa shape index (κ2) is 5.40. The molecule has 3 nitrogen and oxygen atoms in total. The van der Waals surface area contributed by atoms with E-state index in [-0.39, 0.29) is 5.78 Å². The van der Waals surface area contributed by atoms with Crippen molar-refractivity contribution < 1.29 is 4.79 Å². The molecule has 2 aromatic carbocycles. The van der Waals surface area contributed by atoms with E-state index in [1.807, 2.05) is 18.2 Å². The fraction of sp³-hybridized carbons (Fsp3) is 0.0625. The molecule has 0 aromatic heterocycles. The van der Waals surface area contributed by atoms with Gasteiger partial charge in [0.15, 0.2) is 5.78 Å². The Balaban J connectivity index is 2.53. The molecule has 0 aliphatic carbocycles. The molecule has 0 amide bonds. The standard InChI is InChI=1S/C16H16N2O/c1-2-6-12-13(9-10-14(17)15(12)18)16(19)11-7-4-3-5-8-11/h2-5,7-10H,1,6,17-18H2. The Kier molecular flexibility index (Phi) is 3.66. The molecule has 4 N–H and O–H groups in total. The highest BCUT2D eigenvalue weighted by Crippen LogP contribution is 2.26. The van der Waals surface area contributed by atoms with Gasteiger partial charge in [-0.2, -0.15) is 0 Å². The fourth-order valence-electron chi connectivity index (χ4n) is 2.00. The molecule has 0 saturated carbocycles. The zero-order chi connectivity index (χ0) is 13.8. The lowest BCUT2D eigenvalue weighted by molar-refractivity contribution is 0.103. The summed E-state index contributed by atoms with van der Waals surface area (Å²) in [7, 11) is 0. The van der Waals surface area contributed by atoms with Crippen LogP contribution in [0.3, 0.4) is 0 Å². The minimum atomic E-state index is -0.0517. The summed E-state index contributed by atoms with van der Waals surface area (Å²) < 4.78 is 0. The second-order valence-electron chi connectivity index (χ2n) is 4.28. The third kappa shape index (κ3) is 2.50. The molecule has 0 unspecified atom stereocenters. The van der Waals surface area contributed by atoms with Crippen molar-refractivity contribution in [3.63, 3.8) is 0 Å². The minimum absolute atomic E-state index is 0.0517. The van der Waals surface area contributed by atoms with Crippen LogP contribution in [0.2, 0.25) is 0 Å². The van der Waals surface area contributed by atoms with Crippen molar-refractivity contribution in [2.24, 2.45) is 0 Å². The summed E-state index contributed by atoms with van der Waals surface area (Å²) in [4.78, 5) is 12.5. The van der Waals surface area contributed by atoms with Crippen LogP contribution in [0, 0.1) is 0 Å². The normalized spacial score (nSPS) is 10.1. The van der Waals surface area contributed by atoms with Crippen LogP contribution in [0.4, 0.5) is 11.4 Å². The van der Waals surface area contributed by atoms with E-state index in [0.29, 0.717) is 28.9 Å². The first-order valence-corrected chi connectivity index (χ1v) is 6.02. The first-order valence-electron chi connectivity index (χ1n) is 6.02. The van der Waals surface area contributed by atoms with Gasteiger partial charge in [-0.05, 0) is 24.1 Å². The van der Waals surface area contributed by atoms with Gasteiger partial charge in [0.1, 0.15) is 0 Å². The Labute approximate surface area is 112 Å². The van der Waals surface area contributed by atoms with Gasteiger partial charge in [0, 0.05) is 11.1 Å². The predicted molar refractivity (Wildman–Crippen MR) is 79.0 cm³/mol. The number of rotatable bonds is 4. The quantitative estimate of drug-likeness (QED) is 0.499. The molecular formula is C16H16N2O. The summed E-state index contributed by atoms with van der Waals surface area (Å²) >= 11 is 0. The molecule has 0 bridgehead atoms. The average molecular weight is 252 g/mol. The largest absolute Gasteiger partial charge is 0.397 e. The molecule has 0 aliphatic rings. The zero-order valence-electron chi connectivity index (χ0n) is 10.6. The highest BCUT2D eigenvalue weighted by molar-refractivity contribution is 6.11. The summed E-state index contributed by atoms with van der Waals surface area (Å²) in [6.45, 7) is 3.69. The number of carbonyl (C=O) groups excluding carboxylic acids is 1. The predicted octanol–water partition coefficient (Wildman–Crippen LogP) is 2.81. The van der Waals surface area contributed by atoms with Gasteiger partial charge in [-0.3, -0.25) is 4.79 Å². The molecule has 0 saturated heterocycles. The molecule has 0 spiro atoms. The first-order chi connectivity index (χ1) is 9.15. The van der Waals surface area contributed by atoms with E-state index in [9.17, 15) is 4.79 Å². The molecule has 0 heterocycles. The Bertz CT molecular complexity index is 618. The van der Waals surface area contributed by atoms with Crippen LogP contribution in [0.1, 0.15) is 21.5 Å². The van der Waals surface area contributed by atoms with Crippen molar-refractivity contribution in [3.8, 4) is 0 Å². The van der Waals surface area contributed by atoms with E-state index in [2.05, 4.69) is 6.58 Å².